The van der Waals surface area contributed by atoms with E-state index in [4.69, 9.17) is 0 Å². The van der Waals surface area contributed by atoms with Gasteiger partial charge in [-0.2, -0.15) is 0 Å². The van der Waals surface area contributed by atoms with E-state index < -0.39 is 10.0 Å². The Balaban J connectivity index is 1.81. The van der Waals surface area contributed by atoms with E-state index in [2.05, 4.69) is 16.1 Å². The van der Waals surface area contributed by atoms with E-state index in [0.717, 1.165) is 24.9 Å². The van der Waals surface area contributed by atoms with Crippen LogP contribution in [-0.4, -0.2) is 21.4 Å². The Morgan fingerprint density at radius 3 is 2.42 bits per heavy atom. The predicted molar refractivity (Wildman–Crippen MR) is 93.7 cm³/mol. The Hall–Kier alpha value is -2.18. The molecule has 126 valence electrons. The van der Waals surface area contributed by atoms with Crippen LogP contribution < -0.4 is 10.0 Å². The van der Waals surface area contributed by atoms with Crippen molar-refractivity contribution < 1.29 is 13.2 Å². The fourth-order valence-corrected chi connectivity index (χ4v) is 3.73. The number of nitrogens with one attached hydrogen (secondary N) is 2. The van der Waals surface area contributed by atoms with E-state index in [0.29, 0.717) is 5.56 Å². The van der Waals surface area contributed by atoms with Crippen LogP contribution in [-0.2, 0) is 22.9 Å². The molecule has 1 amide bonds. The molecule has 0 unspecified atom stereocenters. The third-order valence-corrected chi connectivity index (χ3v) is 5.77. The maximum absolute atomic E-state index is 12.5. The number of rotatable bonds is 4. The highest BCUT2D eigenvalue weighted by Gasteiger charge is 2.16. The molecule has 0 heterocycles. The number of aryl methyl sites for hydroxylation is 1. The number of hydrogen-bond donors (Lipinski definition) is 2. The van der Waals surface area contributed by atoms with E-state index in [1.54, 1.807) is 0 Å². The predicted octanol–water partition coefficient (Wildman–Crippen LogP) is 2.73. The first-order valence-electron chi connectivity index (χ1n) is 7.97. The van der Waals surface area contributed by atoms with E-state index >= 15 is 0 Å². The Labute approximate surface area is 142 Å². The van der Waals surface area contributed by atoms with Gasteiger partial charge in [-0.15, -0.1) is 0 Å². The van der Waals surface area contributed by atoms with Gasteiger partial charge in [0.2, 0.25) is 10.0 Å². The highest BCUT2D eigenvalue weighted by Crippen LogP contribution is 2.28. The van der Waals surface area contributed by atoms with Crippen LogP contribution in [0.15, 0.2) is 47.4 Å². The van der Waals surface area contributed by atoms with Crippen molar-refractivity contribution in [2.24, 2.45) is 0 Å². The van der Waals surface area contributed by atoms with Crippen molar-refractivity contribution in [2.75, 3.05) is 12.4 Å². The largest absolute Gasteiger partial charge is 0.322 e. The van der Waals surface area contributed by atoms with Gasteiger partial charge in [0.1, 0.15) is 0 Å². The van der Waals surface area contributed by atoms with Gasteiger partial charge < -0.3 is 5.32 Å². The molecule has 5 nitrogen and oxygen atoms in total. The lowest BCUT2D eigenvalue weighted by atomic mass is 9.90. The Morgan fingerprint density at radius 2 is 1.71 bits per heavy atom. The second-order valence-corrected chi connectivity index (χ2v) is 7.72. The molecule has 0 bridgehead atoms. The lowest BCUT2D eigenvalue weighted by Gasteiger charge is -2.19. The van der Waals surface area contributed by atoms with E-state index in [1.165, 1.54) is 48.9 Å². The van der Waals surface area contributed by atoms with E-state index in [-0.39, 0.29) is 10.8 Å². The minimum Gasteiger partial charge on any atom is -0.322 e. The van der Waals surface area contributed by atoms with Crippen molar-refractivity contribution in [1.29, 1.82) is 0 Å². The fourth-order valence-electron chi connectivity index (χ4n) is 3.00. The van der Waals surface area contributed by atoms with Gasteiger partial charge in [-0.3, -0.25) is 4.79 Å². The molecule has 0 fully saturated rings. The summed E-state index contributed by atoms with van der Waals surface area (Å²) < 4.78 is 25.7. The summed E-state index contributed by atoms with van der Waals surface area (Å²) in [6.45, 7) is 0. The third-order valence-electron chi connectivity index (χ3n) is 4.34. The summed E-state index contributed by atoms with van der Waals surface area (Å²) in [6, 6.07) is 11.9. The molecule has 1 aliphatic carbocycles. The van der Waals surface area contributed by atoms with Gasteiger partial charge in [0.25, 0.3) is 5.91 Å². The minimum absolute atomic E-state index is 0.138. The van der Waals surface area contributed by atoms with Gasteiger partial charge in [0.15, 0.2) is 0 Å². The van der Waals surface area contributed by atoms with Crippen LogP contribution in [0.1, 0.15) is 34.3 Å². The molecule has 0 radical (unpaired) electrons. The smallest absolute Gasteiger partial charge is 0.255 e. The number of carbonyl (C=O) groups excluding carboxylic acids is 1. The van der Waals surface area contributed by atoms with Crippen LogP contribution in [0.4, 0.5) is 5.69 Å². The zero-order chi connectivity index (χ0) is 17.2. The van der Waals surface area contributed by atoms with E-state index in [9.17, 15) is 13.2 Å². The van der Waals surface area contributed by atoms with Gasteiger partial charge in [-0.25, -0.2) is 13.1 Å². The van der Waals surface area contributed by atoms with Crippen molar-refractivity contribution >= 4 is 21.6 Å². The van der Waals surface area contributed by atoms with Crippen LogP contribution in [0.5, 0.6) is 0 Å². The summed E-state index contributed by atoms with van der Waals surface area (Å²) in [5.74, 6) is -0.234. The van der Waals surface area contributed by atoms with Gasteiger partial charge in [-0.05, 0) is 74.2 Å². The number of carbonyl (C=O) groups is 1. The average Bonchev–Trinajstić information content (AvgIpc) is 2.62. The monoisotopic (exact) mass is 344 g/mol. The van der Waals surface area contributed by atoms with Crippen molar-refractivity contribution in [1.82, 2.24) is 4.72 Å². The number of fused-ring (bicyclic) bond motifs is 1. The summed E-state index contributed by atoms with van der Waals surface area (Å²) in [7, 11) is -2.14. The molecule has 2 aromatic carbocycles. The second-order valence-electron chi connectivity index (χ2n) is 5.84. The van der Waals surface area contributed by atoms with Crippen molar-refractivity contribution in [3.8, 4) is 0 Å². The topological polar surface area (TPSA) is 75.3 Å². The van der Waals surface area contributed by atoms with Crippen LogP contribution in [0.3, 0.4) is 0 Å². The quantitative estimate of drug-likeness (QED) is 0.895. The Morgan fingerprint density at radius 1 is 1.00 bits per heavy atom. The molecule has 0 spiro atoms. The van der Waals surface area contributed by atoms with Crippen LogP contribution >= 0.6 is 0 Å². The Kier molecular flexibility index (Phi) is 4.69. The lowest BCUT2D eigenvalue weighted by Crippen LogP contribution is -2.19. The number of hydrogen-bond acceptors (Lipinski definition) is 3. The number of sulfonamides is 1. The van der Waals surface area contributed by atoms with Gasteiger partial charge in [-0.1, -0.05) is 12.1 Å². The number of amides is 1. The summed E-state index contributed by atoms with van der Waals surface area (Å²) in [5, 5.41) is 2.95. The van der Waals surface area contributed by atoms with Crippen LogP contribution in [0.25, 0.3) is 0 Å². The molecule has 0 atom stereocenters. The number of benzene rings is 2. The molecule has 6 heteroatoms. The number of anilines is 1. The average molecular weight is 344 g/mol. The summed E-state index contributed by atoms with van der Waals surface area (Å²) >= 11 is 0. The van der Waals surface area contributed by atoms with Gasteiger partial charge in [0.05, 0.1) is 4.90 Å². The summed E-state index contributed by atoms with van der Waals surface area (Å²) in [4.78, 5) is 12.6. The normalized spacial score (nSPS) is 14.0. The van der Waals surface area contributed by atoms with Crippen LogP contribution in [0.2, 0.25) is 0 Å². The molecule has 2 N–H and O–H groups in total. The molecule has 24 heavy (non-hydrogen) atoms. The summed E-state index contributed by atoms with van der Waals surface area (Å²) in [5.41, 5.74) is 3.79. The summed E-state index contributed by atoms with van der Waals surface area (Å²) in [6.07, 6.45) is 4.35. The molecule has 0 saturated carbocycles. The second kappa shape index (κ2) is 6.75. The van der Waals surface area contributed by atoms with Crippen molar-refractivity contribution in [3.05, 3.63) is 59.2 Å². The molecule has 3 rings (SSSR count). The SMILES string of the molecule is CNS(=O)(=O)c1ccc(C(=O)Nc2cccc3c2CCCC3)cc1. The minimum atomic E-state index is -3.49. The first-order chi connectivity index (χ1) is 11.5. The standard InChI is InChI=1S/C18H20N2O3S/c1-19-24(22,23)15-11-9-14(10-12-15)18(21)20-17-8-4-6-13-5-2-3-7-16(13)17/h4,6,8-12,19H,2-3,5,7H2,1H3,(H,20,21). The highest BCUT2D eigenvalue weighted by molar-refractivity contribution is 7.89. The first-order valence-corrected chi connectivity index (χ1v) is 9.45. The van der Waals surface area contributed by atoms with Gasteiger partial charge in [0, 0.05) is 11.3 Å². The lowest BCUT2D eigenvalue weighted by molar-refractivity contribution is 0.102. The highest BCUT2D eigenvalue weighted by atomic mass is 32.2. The fraction of sp³-hybridized carbons (Fsp3) is 0.278. The molecule has 0 saturated heterocycles. The third kappa shape index (κ3) is 3.34. The maximum Gasteiger partial charge on any atom is 0.255 e. The van der Waals surface area contributed by atoms with Crippen molar-refractivity contribution in [3.63, 3.8) is 0 Å². The first kappa shape index (κ1) is 16.7. The molecule has 0 aliphatic heterocycles. The Bertz CT molecular complexity index is 858. The molecule has 0 aromatic heterocycles. The van der Waals surface area contributed by atoms with Crippen molar-refractivity contribution in [2.45, 2.75) is 30.6 Å². The zero-order valence-electron chi connectivity index (χ0n) is 13.5. The molecule has 2 aromatic rings. The maximum atomic E-state index is 12.5. The van der Waals surface area contributed by atoms with E-state index in [1.807, 2.05) is 12.1 Å². The molecule has 1 aliphatic rings. The van der Waals surface area contributed by atoms with Crippen LogP contribution in [0, 0.1) is 0 Å². The molecular formula is C18H20N2O3S. The zero-order valence-corrected chi connectivity index (χ0v) is 14.3. The molecular weight excluding hydrogens is 324 g/mol. The van der Waals surface area contributed by atoms with Gasteiger partial charge >= 0.3 is 0 Å².